The van der Waals surface area contributed by atoms with E-state index in [1.165, 1.54) is 6.07 Å². The van der Waals surface area contributed by atoms with Crippen molar-refractivity contribution in [3.05, 3.63) is 64.7 Å². The number of piperazine rings is 1. The number of nitrogens with zero attached hydrogens (tertiary/aromatic N) is 6. The van der Waals surface area contributed by atoms with Gasteiger partial charge < -0.3 is 9.80 Å². The Kier molecular flexibility index (Phi) is 5.19. The number of anilines is 1. The van der Waals surface area contributed by atoms with E-state index in [0.29, 0.717) is 37.8 Å². The van der Waals surface area contributed by atoms with Crippen LogP contribution in [0.4, 0.5) is 14.6 Å². The van der Waals surface area contributed by atoms with E-state index < -0.39 is 11.6 Å². The van der Waals surface area contributed by atoms with E-state index in [2.05, 4.69) is 20.0 Å². The lowest BCUT2D eigenvalue weighted by Gasteiger charge is -2.35. The number of carbonyl (C=O) groups excluding carboxylic acids is 1. The Morgan fingerprint density at radius 2 is 1.60 bits per heavy atom. The van der Waals surface area contributed by atoms with E-state index in [1.54, 1.807) is 9.58 Å². The average molecular weight is 412 g/mol. The van der Waals surface area contributed by atoms with Crippen LogP contribution in [0, 0.1) is 32.4 Å². The molecule has 0 N–H and O–H groups in total. The lowest BCUT2D eigenvalue weighted by Crippen LogP contribution is -2.49. The number of amides is 1. The third-order valence-electron chi connectivity index (χ3n) is 5.09. The molecular formula is C21H22F2N6O. The first-order valence-electron chi connectivity index (χ1n) is 9.70. The quantitative estimate of drug-likeness (QED) is 0.662. The maximum absolute atomic E-state index is 13.5. The third kappa shape index (κ3) is 3.87. The van der Waals surface area contributed by atoms with Gasteiger partial charge in [0, 0.05) is 43.5 Å². The number of carbonyl (C=O) groups is 1. The van der Waals surface area contributed by atoms with Gasteiger partial charge in [0.2, 0.25) is 0 Å². The van der Waals surface area contributed by atoms with Crippen LogP contribution in [0.25, 0.3) is 5.82 Å². The molecule has 30 heavy (non-hydrogen) atoms. The molecule has 1 aliphatic rings. The van der Waals surface area contributed by atoms with Crippen LogP contribution in [0.2, 0.25) is 0 Å². The number of hydrogen-bond donors (Lipinski definition) is 0. The highest BCUT2D eigenvalue weighted by Gasteiger charge is 2.24. The summed E-state index contributed by atoms with van der Waals surface area (Å²) in [5, 5.41) is 4.49. The van der Waals surface area contributed by atoms with E-state index in [-0.39, 0.29) is 11.5 Å². The summed E-state index contributed by atoms with van der Waals surface area (Å²) in [6.07, 6.45) is 0. The second-order valence-electron chi connectivity index (χ2n) is 7.38. The number of benzene rings is 1. The lowest BCUT2D eigenvalue weighted by molar-refractivity contribution is 0.0746. The zero-order valence-electron chi connectivity index (χ0n) is 17.1. The molecule has 0 atom stereocenters. The summed E-state index contributed by atoms with van der Waals surface area (Å²) in [5.41, 5.74) is 2.04. The SMILES string of the molecule is Cc1cc(C)n(-c2cc(N3CCN(C(=O)c4ccc(F)c(F)c4)CC3)nc(C)n2)n1. The molecule has 9 heteroatoms. The molecule has 3 aromatic rings. The first-order chi connectivity index (χ1) is 14.3. The fourth-order valence-electron chi connectivity index (χ4n) is 3.62. The Hall–Kier alpha value is -3.36. The summed E-state index contributed by atoms with van der Waals surface area (Å²) in [5.74, 6) is -0.194. The van der Waals surface area contributed by atoms with Crippen molar-refractivity contribution in [2.75, 3.05) is 31.1 Å². The highest BCUT2D eigenvalue weighted by atomic mass is 19.2. The molecule has 1 saturated heterocycles. The van der Waals surface area contributed by atoms with Gasteiger partial charge in [-0.05, 0) is 45.0 Å². The number of hydrogen-bond acceptors (Lipinski definition) is 5. The molecule has 1 aliphatic heterocycles. The number of aromatic nitrogens is 4. The average Bonchev–Trinajstić information content (AvgIpc) is 3.07. The van der Waals surface area contributed by atoms with Crippen LogP contribution in [0.15, 0.2) is 30.3 Å². The number of aryl methyl sites for hydroxylation is 3. The molecule has 0 aliphatic carbocycles. The minimum absolute atomic E-state index is 0.145. The van der Waals surface area contributed by atoms with Crippen LogP contribution in [0.1, 0.15) is 27.6 Å². The Bertz CT molecular complexity index is 1100. The van der Waals surface area contributed by atoms with Crippen LogP contribution < -0.4 is 4.90 Å². The molecular weight excluding hydrogens is 390 g/mol. The molecule has 156 valence electrons. The zero-order chi connectivity index (χ0) is 21.4. The summed E-state index contributed by atoms with van der Waals surface area (Å²) >= 11 is 0. The topological polar surface area (TPSA) is 67.2 Å². The molecule has 1 aromatic carbocycles. The van der Waals surface area contributed by atoms with E-state index >= 15 is 0 Å². The van der Waals surface area contributed by atoms with Crippen molar-refractivity contribution < 1.29 is 13.6 Å². The van der Waals surface area contributed by atoms with Gasteiger partial charge in [0.1, 0.15) is 11.6 Å². The summed E-state index contributed by atoms with van der Waals surface area (Å²) in [7, 11) is 0. The molecule has 1 amide bonds. The lowest BCUT2D eigenvalue weighted by atomic mass is 10.1. The fourth-order valence-corrected chi connectivity index (χ4v) is 3.62. The van der Waals surface area contributed by atoms with Gasteiger partial charge in [0.05, 0.1) is 5.69 Å². The molecule has 1 fully saturated rings. The highest BCUT2D eigenvalue weighted by molar-refractivity contribution is 5.94. The van der Waals surface area contributed by atoms with Crippen LogP contribution >= 0.6 is 0 Å². The zero-order valence-corrected chi connectivity index (χ0v) is 17.1. The summed E-state index contributed by atoms with van der Waals surface area (Å²) in [4.78, 5) is 25.4. The van der Waals surface area contributed by atoms with Gasteiger partial charge in [-0.1, -0.05) is 0 Å². The van der Waals surface area contributed by atoms with E-state index in [1.807, 2.05) is 32.9 Å². The van der Waals surface area contributed by atoms with Gasteiger partial charge in [0.25, 0.3) is 5.91 Å². The van der Waals surface area contributed by atoms with Crippen molar-refractivity contribution in [2.45, 2.75) is 20.8 Å². The van der Waals surface area contributed by atoms with E-state index in [4.69, 9.17) is 0 Å². The molecule has 0 spiro atoms. The second kappa shape index (κ2) is 7.81. The standard InChI is InChI=1S/C21H22F2N6O/c1-13-10-14(2)29(26-13)20-12-19(24-15(3)25-20)27-6-8-28(9-7-27)21(30)16-4-5-17(22)18(23)11-16/h4-5,10-12H,6-9H2,1-3H3. The van der Waals surface area contributed by atoms with Gasteiger partial charge in [-0.25, -0.2) is 23.4 Å². The van der Waals surface area contributed by atoms with Crippen molar-refractivity contribution in [3.8, 4) is 5.82 Å². The fraction of sp³-hybridized carbons (Fsp3) is 0.333. The Balaban J connectivity index is 1.49. The molecule has 4 rings (SSSR count). The maximum Gasteiger partial charge on any atom is 0.254 e. The Morgan fingerprint density at radius 3 is 2.23 bits per heavy atom. The van der Waals surface area contributed by atoms with Gasteiger partial charge >= 0.3 is 0 Å². The van der Waals surface area contributed by atoms with Crippen LogP contribution in [0.5, 0.6) is 0 Å². The largest absolute Gasteiger partial charge is 0.353 e. The monoisotopic (exact) mass is 412 g/mol. The normalized spacial score (nSPS) is 14.3. The third-order valence-corrected chi connectivity index (χ3v) is 5.09. The van der Waals surface area contributed by atoms with Crippen molar-refractivity contribution in [1.29, 1.82) is 0 Å². The predicted molar refractivity (Wildman–Crippen MR) is 108 cm³/mol. The Morgan fingerprint density at radius 1 is 0.900 bits per heavy atom. The molecule has 0 unspecified atom stereocenters. The van der Waals surface area contributed by atoms with Gasteiger partial charge in [0.15, 0.2) is 17.5 Å². The molecule has 2 aromatic heterocycles. The first-order valence-corrected chi connectivity index (χ1v) is 9.70. The smallest absolute Gasteiger partial charge is 0.254 e. The van der Waals surface area contributed by atoms with Crippen molar-refractivity contribution >= 4 is 11.7 Å². The molecule has 0 radical (unpaired) electrons. The second-order valence-corrected chi connectivity index (χ2v) is 7.38. The Labute approximate surface area is 173 Å². The predicted octanol–water partition coefficient (Wildman–Crippen LogP) is 2.83. The number of halogens is 2. The van der Waals surface area contributed by atoms with Gasteiger partial charge in [-0.3, -0.25) is 4.79 Å². The maximum atomic E-state index is 13.5. The van der Waals surface area contributed by atoms with Crippen LogP contribution in [0.3, 0.4) is 0 Å². The van der Waals surface area contributed by atoms with Crippen molar-refractivity contribution in [3.63, 3.8) is 0 Å². The highest BCUT2D eigenvalue weighted by Crippen LogP contribution is 2.20. The van der Waals surface area contributed by atoms with E-state index in [9.17, 15) is 13.6 Å². The molecule has 0 saturated carbocycles. The molecule has 3 heterocycles. The van der Waals surface area contributed by atoms with E-state index in [0.717, 1.165) is 29.3 Å². The van der Waals surface area contributed by atoms with Crippen molar-refractivity contribution in [2.24, 2.45) is 0 Å². The summed E-state index contributed by atoms with van der Waals surface area (Å²) < 4.78 is 28.4. The first kappa shape index (κ1) is 19.9. The molecule has 0 bridgehead atoms. The van der Waals surface area contributed by atoms with Gasteiger partial charge in [-0.2, -0.15) is 5.10 Å². The minimum atomic E-state index is -1.02. The van der Waals surface area contributed by atoms with Crippen molar-refractivity contribution in [1.82, 2.24) is 24.6 Å². The molecule has 7 nitrogen and oxygen atoms in total. The minimum Gasteiger partial charge on any atom is -0.353 e. The number of rotatable bonds is 3. The summed E-state index contributed by atoms with van der Waals surface area (Å²) in [6.45, 7) is 7.79. The van der Waals surface area contributed by atoms with Gasteiger partial charge in [-0.15, -0.1) is 0 Å². The van der Waals surface area contributed by atoms with Crippen LogP contribution in [-0.4, -0.2) is 56.7 Å². The van der Waals surface area contributed by atoms with Crippen LogP contribution in [-0.2, 0) is 0 Å². The summed E-state index contributed by atoms with van der Waals surface area (Å²) in [6, 6.07) is 7.10.